The van der Waals surface area contributed by atoms with E-state index in [1.165, 1.54) is 29.8 Å². The first-order chi connectivity index (χ1) is 16.7. The topological polar surface area (TPSA) is 58.3 Å². The molecule has 35 heavy (non-hydrogen) atoms. The number of alkyl halides is 3. The van der Waals surface area contributed by atoms with Gasteiger partial charge >= 0.3 is 6.18 Å². The summed E-state index contributed by atoms with van der Waals surface area (Å²) >= 11 is 0. The quantitative estimate of drug-likeness (QED) is 0.366. The van der Waals surface area contributed by atoms with E-state index in [1.807, 2.05) is 6.07 Å². The number of aromatic nitrogens is 1. The number of benzene rings is 2. The zero-order chi connectivity index (χ0) is 25.0. The van der Waals surface area contributed by atoms with Gasteiger partial charge in [-0.2, -0.15) is 18.4 Å². The van der Waals surface area contributed by atoms with Gasteiger partial charge < -0.3 is 14.2 Å². The summed E-state index contributed by atoms with van der Waals surface area (Å²) < 4.78 is 61.5. The van der Waals surface area contributed by atoms with Gasteiger partial charge in [0.2, 0.25) is 0 Å². The Balaban J connectivity index is 1.73. The van der Waals surface area contributed by atoms with Crippen molar-refractivity contribution in [2.24, 2.45) is 12.5 Å². The van der Waals surface area contributed by atoms with Crippen LogP contribution in [-0.4, -0.2) is 23.9 Å². The minimum atomic E-state index is -4.40. The zero-order valence-corrected chi connectivity index (χ0v) is 18.7. The molecule has 0 unspecified atom stereocenters. The molecule has 1 aromatic heterocycles. The highest BCUT2D eigenvalue weighted by atomic mass is 19.4. The lowest BCUT2D eigenvalue weighted by Gasteiger charge is -2.27. The molecule has 5 nitrogen and oxygen atoms in total. The Kier molecular flexibility index (Phi) is 5.34. The van der Waals surface area contributed by atoms with E-state index in [2.05, 4.69) is 11.8 Å². The van der Waals surface area contributed by atoms with Crippen molar-refractivity contribution in [1.29, 1.82) is 5.26 Å². The number of ether oxygens (including phenoxy) is 1. The van der Waals surface area contributed by atoms with E-state index in [9.17, 15) is 27.6 Å². The van der Waals surface area contributed by atoms with Crippen molar-refractivity contribution in [1.82, 2.24) is 4.57 Å². The van der Waals surface area contributed by atoms with Crippen molar-refractivity contribution >= 4 is 22.3 Å². The highest BCUT2D eigenvalue weighted by Crippen LogP contribution is 2.57. The Hall–Kier alpha value is -3.82. The summed E-state index contributed by atoms with van der Waals surface area (Å²) in [6.45, 7) is 0.545. The van der Waals surface area contributed by atoms with Crippen molar-refractivity contribution in [3.05, 3.63) is 69.3 Å². The van der Waals surface area contributed by atoms with Crippen LogP contribution in [0.5, 0.6) is 0 Å². The number of anilines is 2. The van der Waals surface area contributed by atoms with Crippen molar-refractivity contribution in [3.8, 4) is 17.9 Å². The third-order valence-corrected chi connectivity index (χ3v) is 6.59. The fourth-order valence-electron chi connectivity index (χ4n) is 4.46. The molecular weight excluding hydrogens is 462 g/mol. The lowest BCUT2D eigenvalue weighted by atomic mass is 10.0. The molecule has 2 aromatic carbocycles. The van der Waals surface area contributed by atoms with Gasteiger partial charge in [-0.1, -0.05) is 17.9 Å². The van der Waals surface area contributed by atoms with Gasteiger partial charge in [-0.15, -0.1) is 0 Å². The van der Waals surface area contributed by atoms with Crippen LogP contribution in [-0.2, 0) is 18.4 Å². The average molecular weight is 481 g/mol. The third kappa shape index (κ3) is 3.73. The molecule has 5 rings (SSSR count). The lowest BCUT2D eigenvalue weighted by molar-refractivity contribution is -0.168. The van der Waals surface area contributed by atoms with E-state index in [0.29, 0.717) is 27.7 Å². The molecule has 178 valence electrons. The summed E-state index contributed by atoms with van der Waals surface area (Å²) in [5.74, 6) is 4.60. The molecule has 3 aromatic rings. The van der Waals surface area contributed by atoms with Crippen molar-refractivity contribution in [3.63, 3.8) is 0 Å². The maximum Gasteiger partial charge on any atom is 0.405 e. The highest BCUT2D eigenvalue weighted by Gasteiger charge is 2.62. The van der Waals surface area contributed by atoms with Crippen LogP contribution >= 0.6 is 0 Å². The number of aryl methyl sites for hydroxylation is 1. The number of hydrogen-bond donors (Lipinski definition) is 0. The number of halogens is 4. The summed E-state index contributed by atoms with van der Waals surface area (Å²) in [5, 5.41) is 10.2. The molecule has 0 radical (unpaired) electrons. The van der Waals surface area contributed by atoms with Gasteiger partial charge in [0.25, 0.3) is 5.56 Å². The molecule has 0 saturated heterocycles. The smallest absolute Gasteiger partial charge is 0.375 e. The van der Waals surface area contributed by atoms with E-state index >= 15 is 0 Å². The van der Waals surface area contributed by atoms with Gasteiger partial charge in [0, 0.05) is 35.8 Å². The minimum absolute atomic E-state index is 0.0302. The zero-order valence-electron chi connectivity index (χ0n) is 18.7. The normalized spacial score (nSPS) is 16.6. The SMILES string of the molecule is Cn1c(=O)c(C#N)c(N2CCOCc3c(C#CC4(C(F)(F)F)CC4)cccc32)c2cc(F)ccc21. The number of rotatable bonds is 1. The number of pyridine rings is 1. The summed E-state index contributed by atoms with van der Waals surface area (Å²) in [5.41, 5.74) is -0.540. The van der Waals surface area contributed by atoms with Crippen LogP contribution < -0.4 is 10.5 Å². The van der Waals surface area contributed by atoms with E-state index in [0.717, 1.165) is 0 Å². The molecule has 1 saturated carbocycles. The van der Waals surface area contributed by atoms with Gasteiger partial charge in [0.05, 0.1) is 24.4 Å². The first-order valence-electron chi connectivity index (χ1n) is 11.0. The Morgan fingerprint density at radius 3 is 2.63 bits per heavy atom. The maximum absolute atomic E-state index is 14.3. The fraction of sp³-hybridized carbons (Fsp3) is 0.308. The molecular formula is C26H19F4N3O2. The third-order valence-electron chi connectivity index (χ3n) is 6.59. The second kappa shape index (κ2) is 8.14. The van der Waals surface area contributed by atoms with E-state index in [1.54, 1.807) is 23.1 Å². The van der Waals surface area contributed by atoms with Crippen molar-refractivity contribution in [2.45, 2.75) is 25.6 Å². The molecule has 0 amide bonds. The number of nitriles is 1. The predicted octanol–water partition coefficient (Wildman–Crippen LogP) is 4.91. The molecule has 0 spiro atoms. The molecule has 9 heteroatoms. The van der Waals surface area contributed by atoms with Gasteiger partial charge in [0.15, 0.2) is 0 Å². The second-order valence-corrected chi connectivity index (χ2v) is 8.70. The number of nitrogens with zero attached hydrogens (tertiary/aromatic N) is 3. The van der Waals surface area contributed by atoms with Gasteiger partial charge in [-0.05, 0) is 43.2 Å². The summed E-state index contributed by atoms with van der Waals surface area (Å²) in [7, 11) is 1.51. The van der Waals surface area contributed by atoms with Crippen LogP contribution in [0.25, 0.3) is 10.9 Å². The molecule has 2 heterocycles. The average Bonchev–Trinajstić information content (AvgIpc) is 3.64. The molecule has 2 aliphatic rings. The van der Waals surface area contributed by atoms with Crippen molar-refractivity contribution in [2.75, 3.05) is 18.1 Å². The van der Waals surface area contributed by atoms with Crippen LogP contribution in [0.15, 0.2) is 41.2 Å². The molecule has 1 aliphatic heterocycles. The van der Waals surface area contributed by atoms with E-state index in [-0.39, 0.29) is 43.9 Å². The molecule has 0 atom stereocenters. The van der Waals surface area contributed by atoms with Crippen LogP contribution in [0.4, 0.5) is 28.9 Å². The van der Waals surface area contributed by atoms with Gasteiger partial charge in [-0.3, -0.25) is 4.79 Å². The fourth-order valence-corrected chi connectivity index (χ4v) is 4.46. The standard InChI is InChI=1S/C26H19F4N3O2/c1-32-21-6-5-17(27)13-18(21)23(19(14-31)24(32)34)33-11-12-35-15-20-16(3-2-4-22(20)33)7-8-25(9-10-25)26(28,29)30/h2-6,13H,9-12,15H2,1H3. The van der Waals surface area contributed by atoms with E-state index in [4.69, 9.17) is 4.74 Å². The van der Waals surface area contributed by atoms with Gasteiger partial charge in [0.1, 0.15) is 22.9 Å². The summed E-state index contributed by atoms with van der Waals surface area (Å²) in [4.78, 5) is 14.7. The van der Waals surface area contributed by atoms with Crippen LogP contribution in [0, 0.1) is 34.4 Å². The van der Waals surface area contributed by atoms with Gasteiger partial charge in [-0.25, -0.2) is 4.39 Å². The van der Waals surface area contributed by atoms with Crippen LogP contribution in [0.2, 0.25) is 0 Å². The Morgan fingerprint density at radius 2 is 1.94 bits per heavy atom. The molecule has 0 N–H and O–H groups in total. The van der Waals surface area contributed by atoms with Crippen LogP contribution in [0.3, 0.4) is 0 Å². The minimum Gasteiger partial charge on any atom is -0.375 e. The Bertz CT molecular complexity index is 1520. The molecule has 0 bridgehead atoms. The Labute approximate surface area is 198 Å². The first kappa shape index (κ1) is 22.9. The monoisotopic (exact) mass is 481 g/mol. The maximum atomic E-state index is 14.3. The second-order valence-electron chi connectivity index (χ2n) is 8.70. The number of fused-ring (bicyclic) bond motifs is 2. The van der Waals surface area contributed by atoms with Crippen molar-refractivity contribution < 1.29 is 22.3 Å². The number of hydrogen-bond acceptors (Lipinski definition) is 4. The van der Waals surface area contributed by atoms with Crippen LogP contribution in [0.1, 0.15) is 29.5 Å². The summed E-state index contributed by atoms with van der Waals surface area (Å²) in [6.07, 6.45) is -4.46. The molecule has 1 fully saturated rings. The summed E-state index contributed by atoms with van der Waals surface area (Å²) in [6, 6.07) is 10.9. The predicted molar refractivity (Wildman–Crippen MR) is 122 cm³/mol. The first-order valence-corrected chi connectivity index (χ1v) is 11.0. The highest BCUT2D eigenvalue weighted by molar-refractivity contribution is 5.97. The molecule has 1 aliphatic carbocycles. The Morgan fingerprint density at radius 1 is 1.17 bits per heavy atom. The van der Waals surface area contributed by atoms with E-state index < -0.39 is 23.0 Å². The largest absolute Gasteiger partial charge is 0.405 e. The lowest BCUT2D eigenvalue weighted by Crippen LogP contribution is -2.28.